The van der Waals surface area contributed by atoms with Gasteiger partial charge in [0, 0.05) is 13.1 Å². The molecule has 0 radical (unpaired) electrons. The second-order valence-corrected chi connectivity index (χ2v) is 4.82. The maximum atomic E-state index is 12.0. The van der Waals surface area contributed by atoms with Gasteiger partial charge in [-0.3, -0.25) is 4.90 Å². The molecular formula is C13H17F3N2O. The molecule has 0 bridgehead atoms. The standard InChI is InChI=1S/C13H17F3N2O/c14-13(15,16)19-12-3-1-10(2-4-12)8-18-6-5-11(7-17)9-18/h1-4,11H,5-9,17H2/t11-/m1/s1. The zero-order chi connectivity index (χ0) is 13.9. The third-order valence-corrected chi connectivity index (χ3v) is 3.27. The van der Waals surface area contributed by atoms with Gasteiger partial charge in [-0.1, -0.05) is 12.1 Å². The Kier molecular flexibility index (Phi) is 4.31. The molecule has 2 rings (SSSR count). The summed E-state index contributed by atoms with van der Waals surface area (Å²) in [7, 11) is 0. The number of halogens is 3. The van der Waals surface area contributed by atoms with Crippen LogP contribution in [0.4, 0.5) is 13.2 Å². The summed E-state index contributed by atoms with van der Waals surface area (Å²) in [5.41, 5.74) is 6.60. The molecule has 0 spiro atoms. The number of hydrogen-bond donors (Lipinski definition) is 1. The second-order valence-electron chi connectivity index (χ2n) is 4.82. The van der Waals surface area contributed by atoms with Gasteiger partial charge in [0.05, 0.1) is 0 Å². The average molecular weight is 274 g/mol. The van der Waals surface area contributed by atoms with E-state index in [1.165, 1.54) is 12.1 Å². The van der Waals surface area contributed by atoms with E-state index in [4.69, 9.17) is 5.73 Å². The van der Waals surface area contributed by atoms with Crippen molar-refractivity contribution >= 4 is 0 Å². The van der Waals surface area contributed by atoms with E-state index in [1.54, 1.807) is 12.1 Å². The Morgan fingerprint density at radius 1 is 1.26 bits per heavy atom. The van der Waals surface area contributed by atoms with Crippen molar-refractivity contribution in [3.8, 4) is 5.75 Å². The molecule has 1 saturated heterocycles. The molecule has 2 N–H and O–H groups in total. The SMILES string of the molecule is NC[C@H]1CCN(Cc2ccc(OC(F)(F)F)cc2)C1. The van der Waals surface area contributed by atoms with Crippen molar-refractivity contribution in [2.24, 2.45) is 11.7 Å². The molecule has 3 nitrogen and oxygen atoms in total. The predicted octanol–water partition coefficient (Wildman–Crippen LogP) is 2.37. The minimum atomic E-state index is -4.63. The first kappa shape index (κ1) is 14.1. The van der Waals surface area contributed by atoms with Gasteiger partial charge in [-0.15, -0.1) is 13.2 Å². The molecule has 106 valence electrons. The van der Waals surface area contributed by atoms with Crippen molar-refractivity contribution in [2.45, 2.75) is 19.3 Å². The van der Waals surface area contributed by atoms with Crippen molar-refractivity contribution in [3.63, 3.8) is 0 Å². The Bertz CT molecular complexity index is 405. The smallest absolute Gasteiger partial charge is 0.406 e. The fourth-order valence-electron chi connectivity index (χ4n) is 2.30. The van der Waals surface area contributed by atoms with Crippen LogP contribution in [0.2, 0.25) is 0 Å². The lowest BCUT2D eigenvalue weighted by Crippen LogP contribution is -2.22. The largest absolute Gasteiger partial charge is 0.573 e. The van der Waals surface area contributed by atoms with Crippen LogP contribution in [0.15, 0.2) is 24.3 Å². The first-order valence-corrected chi connectivity index (χ1v) is 6.23. The predicted molar refractivity (Wildman–Crippen MR) is 65.6 cm³/mol. The van der Waals surface area contributed by atoms with Crippen molar-refractivity contribution in [2.75, 3.05) is 19.6 Å². The van der Waals surface area contributed by atoms with Gasteiger partial charge >= 0.3 is 6.36 Å². The van der Waals surface area contributed by atoms with E-state index in [2.05, 4.69) is 9.64 Å². The third-order valence-electron chi connectivity index (χ3n) is 3.27. The molecule has 1 aromatic rings. The Morgan fingerprint density at radius 3 is 2.47 bits per heavy atom. The lowest BCUT2D eigenvalue weighted by atomic mass is 10.1. The number of ether oxygens (including phenoxy) is 1. The highest BCUT2D eigenvalue weighted by molar-refractivity contribution is 5.27. The number of alkyl halides is 3. The van der Waals surface area contributed by atoms with E-state index < -0.39 is 6.36 Å². The summed E-state index contributed by atoms with van der Waals surface area (Å²) in [6.07, 6.45) is -3.55. The number of nitrogens with two attached hydrogens (primary N) is 1. The summed E-state index contributed by atoms with van der Waals surface area (Å²) in [4.78, 5) is 2.26. The molecule has 19 heavy (non-hydrogen) atoms. The average Bonchev–Trinajstić information content (AvgIpc) is 2.77. The van der Waals surface area contributed by atoms with E-state index in [-0.39, 0.29) is 5.75 Å². The zero-order valence-electron chi connectivity index (χ0n) is 10.5. The number of nitrogens with zero attached hydrogens (tertiary/aromatic N) is 1. The van der Waals surface area contributed by atoms with Gasteiger partial charge in [-0.25, -0.2) is 0 Å². The Labute approximate surface area is 110 Å². The number of hydrogen-bond acceptors (Lipinski definition) is 3. The molecule has 1 aromatic carbocycles. The normalized spacial score (nSPS) is 20.7. The highest BCUT2D eigenvalue weighted by atomic mass is 19.4. The lowest BCUT2D eigenvalue weighted by molar-refractivity contribution is -0.274. The molecule has 0 amide bonds. The molecule has 6 heteroatoms. The number of rotatable bonds is 4. The number of likely N-dealkylation sites (tertiary alicyclic amines) is 1. The van der Waals surface area contributed by atoms with Crippen LogP contribution in [0.3, 0.4) is 0 Å². The van der Waals surface area contributed by atoms with Gasteiger partial charge in [-0.05, 0) is 43.1 Å². The van der Waals surface area contributed by atoms with Gasteiger partial charge in [0.2, 0.25) is 0 Å². The monoisotopic (exact) mass is 274 g/mol. The van der Waals surface area contributed by atoms with Crippen molar-refractivity contribution in [1.29, 1.82) is 0 Å². The lowest BCUT2D eigenvalue weighted by Gasteiger charge is -2.16. The minimum Gasteiger partial charge on any atom is -0.406 e. The summed E-state index contributed by atoms with van der Waals surface area (Å²) in [6, 6.07) is 6.02. The van der Waals surface area contributed by atoms with Crippen molar-refractivity contribution < 1.29 is 17.9 Å². The zero-order valence-corrected chi connectivity index (χ0v) is 10.5. The van der Waals surface area contributed by atoms with Crippen LogP contribution in [-0.4, -0.2) is 30.9 Å². The van der Waals surface area contributed by atoms with E-state index in [0.29, 0.717) is 12.5 Å². The molecule has 0 aliphatic carbocycles. The molecule has 1 heterocycles. The van der Waals surface area contributed by atoms with Crippen LogP contribution >= 0.6 is 0 Å². The fourth-order valence-corrected chi connectivity index (χ4v) is 2.30. The molecular weight excluding hydrogens is 257 g/mol. The number of benzene rings is 1. The topological polar surface area (TPSA) is 38.5 Å². The van der Waals surface area contributed by atoms with E-state index >= 15 is 0 Å². The van der Waals surface area contributed by atoms with E-state index in [1.807, 2.05) is 0 Å². The molecule has 0 saturated carbocycles. The van der Waals surface area contributed by atoms with Crippen LogP contribution in [0.1, 0.15) is 12.0 Å². The molecule has 0 aromatic heterocycles. The van der Waals surface area contributed by atoms with Gasteiger partial charge in [0.15, 0.2) is 0 Å². The van der Waals surface area contributed by atoms with Crippen LogP contribution in [0.25, 0.3) is 0 Å². The summed E-state index contributed by atoms with van der Waals surface area (Å²) < 4.78 is 39.9. The minimum absolute atomic E-state index is 0.183. The van der Waals surface area contributed by atoms with E-state index in [0.717, 1.165) is 31.6 Å². The highest BCUT2D eigenvalue weighted by Gasteiger charge is 2.31. The highest BCUT2D eigenvalue weighted by Crippen LogP contribution is 2.24. The molecule has 1 fully saturated rings. The first-order valence-electron chi connectivity index (χ1n) is 6.23. The fraction of sp³-hybridized carbons (Fsp3) is 0.538. The summed E-state index contributed by atoms with van der Waals surface area (Å²) >= 11 is 0. The second kappa shape index (κ2) is 5.79. The summed E-state index contributed by atoms with van der Waals surface area (Å²) in [5.74, 6) is 0.352. The Hall–Kier alpha value is -1.27. The van der Waals surface area contributed by atoms with Crippen LogP contribution in [-0.2, 0) is 6.54 Å². The maximum Gasteiger partial charge on any atom is 0.573 e. The van der Waals surface area contributed by atoms with Gasteiger partial charge < -0.3 is 10.5 Å². The summed E-state index contributed by atoms with van der Waals surface area (Å²) in [6.45, 7) is 3.37. The quantitative estimate of drug-likeness (QED) is 0.916. The Balaban J connectivity index is 1.89. The van der Waals surface area contributed by atoms with Crippen LogP contribution < -0.4 is 10.5 Å². The Morgan fingerprint density at radius 2 is 1.95 bits per heavy atom. The van der Waals surface area contributed by atoms with E-state index in [9.17, 15) is 13.2 Å². The van der Waals surface area contributed by atoms with Crippen molar-refractivity contribution in [1.82, 2.24) is 4.90 Å². The molecule has 0 unspecified atom stereocenters. The van der Waals surface area contributed by atoms with Crippen LogP contribution in [0, 0.1) is 5.92 Å². The van der Waals surface area contributed by atoms with Gasteiger partial charge in [-0.2, -0.15) is 0 Å². The molecule has 1 aliphatic heterocycles. The van der Waals surface area contributed by atoms with Gasteiger partial charge in [0.1, 0.15) is 5.75 Å². The molecule has 1 atom stereocenters. The first-order chi connectivity index (χ1) is 8.96. The van der Waals surface area contributed by atoms with Gasteiger partial charge in [0.25, 0.3) is 0 Å². The van der Waals surface area contributed by atoms with Crippen LogP contribution in [0.5, 0.6) is 5.75 Å². The maximum absolute atomic E-state index is 12.0. The third kappa shape index (κ3) is 4.40. The molecule has 1 aliphatic rings. The summed E-state index contributed by atoms with van der Waals surface area (Å²) in [5, 5.41) is 0. The van der Waals surface area contributed by atoms with Crippen molar-refractivity contribution in [3.05, 3.63) is 29.8 Å².